The second-order valence-electron chi connectivity index (χ2n) is 6.40. The molecule has 1 amide bonds. The van der Waals surface area contributed by atoms with Crippen LogP contribution in [0.25, 0.3) is 0 Å². The second kappa shape index (κ2) is 9.95. The van der Waals surface area contributed by atoms with E-state index in [2.05, 4.69) is 10.5 Å². The number of hydrogen-bond donors (Lipinski definition) is 1. The van der Waals surface area contributed by atoms with E-state index in [0.717, 1.165) is 14.7 Å². The van der Waals surface area contributed by atoms with Gasteiger partial charge in [0.15, 0.2) is 0 Å². The third-order valence-electron chi connectivity index (χ3n) is 4.31. The summed E-state index contributed by atoms with van der Waals surface area (Å²) < 4.78 is 32.7. The summed E-state index contributed by atoms with van der Waals surface area (Å²) >= 11 is 7.68. The summed E-state index contributed by atoms with van der Waals surface area (Å²) in [5.41, 5.74) is 3.64. The van der Waals surface area contributed by atoms with Gasteiger partial charge in [-0.3, -0.25) is 9.10 Å². The van der Waals surface area contributed by atoms with Crippen molar-refractivity contribution >= 4 is 50.8 Å². The molecule has 7 nitrogen and oxygen atoms in total. The lowest BCUT2D eigenvalue weighted by atomic mass is 10.3. The fraction of sp³-hybridized carbons (Fsp3) is 0.143. The molecule has 0 aliphatic rings. The number of thiophene rings is 1. The number of methoxy groups -OCH3 is 1. The zero-order valence-corrected chi connectivity index (χ0v) is 19.2. The van der Waals surface area contributed by atoms with Gasteiger partial charge in [-0.1, -0.05) is 29.8 Å². The predicted molar refractivity (Wildman–Crippen MR) is 124 cm³/mol. The first-order chi connectivity index (χ1) is 14.8. The number of nitrogens with one attached hydrogen (secondary N) is 1. The third-order valence-corrected chi connectivity index (χ3v) is 7.35. The van der Waals surface area contributed by atoms with Crippen molar-refractivity contribution < 1.29 is 17.9 Å². The Morgan fingerprint density at radius 2 is 1.97 bits per heavy atom. The fourth-order valence-electron chi connectivity index (χ4n) is 2.69. The van der Waals surface area contributed by atoms with Crippen LogP contribution in [0.5, 0.6) is 5.75 Å². The lowest BCUT2D eigenvalue weighted by molar-refractivity contribution is -0.119. The van der Waals surface area contributed by atoms with Gasteiger partial charge in [0, 0.05) is 4.88 Å². The molecular formula is C21H20ClN3O4S2. The molecule has 1 N–H and O–H groups in total. The molecule has 3 aromatic rings. The summed E-state index contributed by atoms with van der Waals surface area (Å²) in [6.45, 7) is 1.45. The van der Waals surface area contributed by atoms with Gasteiger partial charge in [0.1, 0.15) is 12.3 Å². The first-order valence-electron chi connectivity index (χ1n) is 9.10. The van der Waals surface area contributed by atoms with Crippen molar-refractivity contribution in [2.75, 3.05) is 18.0 Å². The molecule has 0 aliphatic heterocycles. The number of hydrogen-bond acceptors (Lipinski definition) is 6. The number of aryl methyl sites for hydroxylation is 1. The Morgan fingerprint density at radius 1 is 1.23 bits per heavy atom. The van der Waals surface area contributed by atoms with Crippen LogP contribution in [0.3, 0.4) is 0 Å². The Labute approximate surface area is 190 Å². The van der Waals surface area contributed by atoms with E-state index in [1.165, 1.54) is 48.9 Å². The van der Waals surface area contributed by atoms with Crippen molar-refractivity contribution in [2.24, 2.45) is 5.10 Å². The average molecular weight is 478 g/mol. The Hall–Kier alpha value is -2.88. The maximum atomic E-state index is 13.3. The van der Waals surface area contributed by atoms with Crippen molar-refractivity contribution in [1.82, 2.24) is 5.43 Å². The summed E-state index contributed by atoms with van der Waals surface area (Å²) in [6, 6.07) is 14.3. The molecule has 0 unspecified atom stereocenters. The largest absolute Gasteiger partial charge is 0.495 e. The minimum absolute atomic E-state index is 0.0486. The normalized spacial score (nSPS) is 11.5. The highest BCUT2D eigenvalue weighted by Crippen LogP contribution is 2.31. The highest BCUT2D eigenvalue weighted by Gasteiger charge is 2.27. The number of ether oxygens (including phenoxy) is 1. The topological polar surface area (TPSA) is 88.1 Å². The van der Waals surface area contributed by atoms with Crippen molar-refractivity contribution in [3.05, 3.63) is 75.4 Å². The molecule has 2 aromatic carbocycles. The van der Waals surface area contributed by atoms with Crippen LogP contribution >= 0.6 is 22.9 Å². The predicted octanol–water partition coefficient (Wildman–Crippen LogP) is 4.06. The van der Waals surface area contributed by atoms with Crippen molar-refractivity contribution in [3.8, 4) is 5.75 Å². The van der Waals surface area contributed by atoms with Gasteiger partial charge in [-0.05, 0) is 54.3 Å². The lowest BCUT2D eigenvalue weighted by Gasteiger charge is -2.24. The van der Waals surface area contributed by atoms with Crippen LogP contribution < -0.4 is 14.5 Å². The minimum atomic E-state index is -4.04. The highest BCUT2D eigenvalue weighted by atomic mass is 35.5. The molecule has 0 saturated heterocycles. The first kappa shape index (κ1) is 22.8. The number of halogens is 1. The molecule has 1 aromatic heterocycles. The minimum Gasteiger partial charge on any atom is -0.495 e. The molecule has 0 spiro atoms. The maximum Gasteiger partial charge on any atom is 0.264 e. The number of anilines is 1. The first-order valence-corrected chi connectivity index (χ1v) is 11.8. The maximum absolute atomic E-state index is 13.3. The number of carbonyl (C=O) groups excluding carboxylic acids is 1. The molecule has 0 bridgehead atoms. The van der Waals surface area contributed by atoms with Crippen LogP contribution in [0.15, 0.2) is 70.0 Å². The van der Waals surface area contributed by atoms with Crippen LogP contribution in [-0.4, -0.2) is 34.2 Å². The summed E-state index contributed by atoms with van der Waals surface area (Å²) in [6.07, 6.45) is 1.53. The molecule has 31 heavy (non-hydrogen) atoms. The third kappa shape index (κ3) is 5.43. The highest BCUT2D eigenvalue weighted by molar-refractivity contribution is 7.92. The van der Waals surface area contributed by atoms with Gasteiger partial charge in [-0.25, -0.2) is 13.8 Å². The van der Waals surface area contributed by atoms with E-state index in [9.17, 15) is 13.2 Å². The average Bonchev–Trinajstić information content (AvgIpc) is 3.17. The van der Waals surface area contributed by atoms with Crippen LogP contribution in [0.1, 0.15) is 10.4 Å². The molecule has 1 heterocycles. The summed E-state index contributed by atoms with van der Waals surface area (Å²) in [5.74, 6) is -0.209. The molecule has 0 aliphatic carbocycles. The van der Waals surface area contributed by atoms with Crippen molar-refractivity contribution in [3.63, 3.8) is 0 Å². The number of nitrogens with zero attached hydrogens (tertiary/aromatic N) is 2. The van der Waals surface area contributed by atoms with Gasteiger partial charge in [0.25, 0.3) is 15.9 Å². The molecule has 0 radical (unpaired) electrons. The quantitative estimate of drug-likeness (QED) is 0.391. The van der Waals surface area contributed by atoms with Crippen LogP contribution in [0, 0.1) is 6.92 Å². The zero-order chi connectivity index (χ0) is 22.4. The van der Waals surface area contributed by atoms with E-state index in [0.29, 0.717) is 5.75 Å². The summed E-state index contributed by atoms with van der Waals surface area (Å²) in [4.78, 5) is 13.5. The molecule has 162 valence electrons. The van der Waals surface area contributed by atoms with Crippen molar-refractivity contribution in [2.45, 2.75) is 11.8 Å². The molecule has 0 atom stereocenters. The van der Waals surface area contributed by atoms with Crippen LogP contribution in [0.4, 0.5) is 5.69 Å². The van der Waals surface area contributed by atoms with E-state index in [1.807, 2.05) is 18.4 Å². The Morgan fingerprint density at radius 3 is 2.58 bits per heavy atom. The monoisotopic (exact) mass is 477 g/mol. The van der Waals surface area contributed by atoms with E-state index >= 15 is 0 Å². The molecule has 10 heteroatoms. The number of rotatable bonds is 8. The Bertz CT molecular complexity index is 1190. The fourth-order valence-corrected chi connectivity index (χ4v) is 5.16. The van der Waals surface area contributed by atoms with E-state index in [1.54, 1.807) is 24.3 Å². The standard InChI is InChI=1S/C21H20ClN3O4S2/c1-15-10-11-30-20(15)13-23-24-21(26)14-25(16-8-9-19(29-2)18(22)12-16)31(27,28)17-6-4-3-5-7-17/h3-13H,14H2,1-2H3,(H,24,26)/b23-13-. The van der Waals surface area contributed by atoms with Gasteiger partial charge >= 0.3 is 0 Å². The van der Waals surface area contributed by atoms with Gasteiger partial charge in [0.05, 0.1) is 28.9 Å². The van der Waals surface area contributed by atoms with Crippen LogP contribution in [0.2, 0.25) is 5.02 Å². The van der Waals surface area contributed by atoms with Crippen LogP contribution in [-0.2, 0) is 14.8 Å². The molecule has 0 saturated carbocycles. The lowest BCUT2D eigenvalue weighted by Crippen LogP contribution is -2.39. The van der Waals surface area contributed by atoms with Gasteiger partial charge in [-0.2, -0.15) is 5.10 Å². The van der Waals surface area contributed by atoms with Gasteiger partial charge < -0.3 is 4.74 Å². The van der Waals surface area contributed by atoms with Gasteiger partial charge in [-0.15, -0.1) is 11.3 Å². The number of sulfonamides is 1. The second-order valence-corrected chi connectivity index (χ2v) is 9.62. The number of hydrazone groups is 1. The molecule has 3 rings (SSSR count). The molecular weight excluding hydrogens is 458 g/mol. The van der Waals surface area contributed by atoms with Gasteiger partial charge in [0.2, 0.25) is 0 Å². The number of amides is 1. The molecule has 0 fully saturated rings. The zero-order valence-electron chi connectivity index (χ0n) is 16.8. The van der Waals surface area contributed by atoms with E-state index in [-0.39, 0.29) is 15.6 Å². The summed E-state index contributed by atoms with van der Waals surface area (Å²) in [5, 5.41) is 6.08. The number of carbonyl (C=O) groups is 1. The Balaban J connectivity index is 1.89. The van der Waals surface area contributed by atoms with Crippen molar-refractivity contribution in [1.29, 1.82) is 0 Å². The summed E-state index contributed by atoms with van der Waals surface area (Å²) in [7, 11) is -2.58. The SMILES string of the molecule is COc1ccc(N(CC(=O)N/N=C\c2sccc2C)S(=O)(=O)c2ccccc2)cc1Cl. The smallest absolute Gasteiger partial charge is 0.264 e. The van der Waals surface area contributed by atoms with E-state index in [4.69, 9.17) is 16.3 Å². The van der Waals surface area contributed by atoms with E-state index < -0.39 is 22.5 Å². The Kier molecular flexibility index (Phi) is 7.32. The number of benzene rings is 2.